The summed E-state index contributed by atoms with van der Waals surface area (Å²) in [5.41, 5.74) is 0.251. The molecular formula is C18H22ClN3O5. The van der Waals surface area contributed by atoms with E-state index in [2.05, 4.69) is 0 Å². The Morgan fingerprint density at radius 1 is 1.37 bits per heavy atom. The molecule has 1 unspecified atom stereocenters. The van der Waals surface area contributed by atoms with E-state index in [1.165, 1.54) is 24.1 Å². The average molecular weight is 396 g/mol. The van der Waals surface area contributed by atoms with E-state index in [1.54, 1.807) is 11.0 Å². The van der Waals surface area contributed by atoms with Gasteiger partial charge in [0.25, 0.3) is 5.69 Å². The molecule has 1 atom stereocenters. The molecule has 1 aromatic rings. The number of rotatable bonds is 5. The topological polar surface area (TPSA) is 93.0 Å². The zero-order valence-corrected chi connectivity index (χ0v) is 15.9. The number of nitrogens with zero attached hydrogens (tertiary/aromatic N) is 3. The molecule has 2 aliphatic rings. The Bertz CT molecular complexity index is 753. The van der Waals surface area contributed by atoms with Gasteiger partial charge < -0.3 is 14.5 Å². The van der Waals surface area contributed by atoms with Crippen LogP contribution in [0.2, 0.25) is 5.02 Å². The van der Waals surface area contributed by atoms with E-state index in [0.29, 0.717) is 44.1 Å². The minimum atomic E-state index is -0.550. The predicted octanol–water partition coefficient (Wildman–Crippen LogP) is 3.47. The van der Waals surface area contributed by atoms with Crippen LogP contribution in [-0.4, -0.2) is 48.6 Å². The molecule has 2 fully saturated rings. The van der Waals surface area contributed by atoms with Gasteiger partial charge in [0.1, 0.15) is 5.02 Å². The smallest absolute Gasteiger partial charge is 0.409 e. The van der Waals surface area contributed by atoms with Gasteiger partial charge in [-0.2, -0.15) is 0 Å². The van der Waals surface area contributed by atoms with E-state index in [1.807, 2.05) is 0 Å². The maximum atomic E-state index is 13.2. The van der Waals surface area contributed by atoms with Crippen molar-refractivity contribution in [1.29, 1.82) is 0 Å². The average Bonchev–Trinajstić information content (AvgIpc) is 3.49. The third-order valence-corrected chi connectivity index (χ3v) is 5.36. The highest BCUT2D eigenvalue weighted by atomic mass is 35.5. The van der Waals surface area contributed by atoms with Crippen molar-refractivity contribution in [2.45, 2.75) is 25.7 Å². The van der Waals surface area contributed by atoms with E-state index in [9.17, 15) is 19.7 Å². The summed E-state index contributed by atoms with van der Waals surface area (Å²) in [4.78, 5) is 38.9. The number of amides is 2. The highest BCUT2D eigenvalue weighted by Crippen LogP contribution is 2.35. The van der Waals surface area contributed by atoms with E-state index >= 15 is 0 Å². The van der Waals surface area contributed by atoms with Gasteiger partial charge in [0.15, 0.2) is 0 Å². The van der Waals surface area contributed by atoms with Crippen LogP contribution in [0.5, 0.6) is 0 Å². The molecule has 1 aliphatic heterocycles. The lowest BCUT2D eigenvalue weighted by Crippen LogP contribution is -2.47. The summed E-state index contributed by atoms with van der Waals surface area (Å²) < 4.78 is 4.77. The van der Waals surface area contributed by atoms with E-state index in [-0.39, 0.29) is 22.5 Å². The molecule has 1 aromatic carbocycles. The third-order valence-electron chi connectivity index (χ3n) is 5.05. The van der Waals surface area contributed by atoms with Gasteiger partial charge in [0.2, 0.25) is 5.91 Å². The first-order valence-corrected chi connectivity index (χ1v) is 9.36. The fourth-order valence-electron chi connectivity index (χ4n) is 3.38. The molecule has 0 bridgehead atoms. The summed E-state index contributed by atoms with van der Waals surface area (Å²) in [5, 5.41) is 11.3. The Morgan fingerprint density at radius 2 is 2.11 bits per heavy atom. The standard InChI is InChI=1S/C18H22ClN3O5/c1-27-18(24)20-8-2-3-13(11-20)17(23)21(10-12-4-5-12)14-6-7-15(19)16(9-14)22(25)26/h6-7,9,12-13H,2-5,8,10-11H2,1H3. The van der Waals surface area contributed by atoms with E-state index in [0.717, 1.165) is 12.8 Å². The molecule has 1 aliphatic carbocycles. The molecule has 1 saturated carbocycles. The minimum Gasteiger partial charge on any atom is -0.453 e. The van der Waals surface area contributed by atoms with Crippen LogP contribution in [0.3, 0.4) is 0 Å². The van der Waals surface area contributed by atoms with Gasteiger partial charge in [-0.1, -0.05) is 11.6 Å². The first kappa shape index (κ1) is 19.4. The van der Waals surface area contributed by atoms with Crippen LogP contribution in [0, 0.1) is 22.0 Å². The zero-order valence-electron chi connectivity index (χ0n) is 15.1. The summed E-state index contributed by atoms with van der Waals surface area (Å²) in [7, 11) is 1.32. The molecule has 0 N–H and O–H groups in total. The maximum Gasteiger partial charge on any atom is 0.409 e. The van der Waals surface area contributed by atoms with Crippen molar-refractivity contribution in [2.24, 2.45) is 11.8 Å². The molecule has 1 heterocycles. The number of methoxy groups -OCH3 is 1. The summed E-state index contributed by atoms with van der Waals surface area (Å²) in [6, 6.07) is 4.43. The van der Waals surface area contributed by atoms with Crippen LogP contribution >= 0.6 is 11.6 Å². The number of carbonyl (C=O) groups is 2. The number of benzene rings is 1. The van der Waals surface area contributed by atoms with Crippen LogP contribution in [0.15, 0.2) is 18.2 Å². The zero-order chi connectivity index (χ0) is 19.6. The van der Waals surface area contributed by atoms with Gasteiger partial charge in [-0.15, -0.1) is 0 Å². The van der Waals surface area contributed by atoms with E-state index < -0.39 is 11.0 Å². The largest absolute Gasteiger partial charge is 0.453 e. The summed E-state index contributed by atoms with van der Waals surface area (Å²) in [5.74, 6) is -0.0672. The molecule has 9 heteroatoms. The molecule has 0 spiro atoms. The Morgan fingerprint density at radius 3 is 2.74 bits per heavy atom. The Kier molecular flexibility index (Phi) is 5.84. The summed E-state index contributed by atoms with van der Waals surface area (Å²) in [6.07, 6.45) is 3.02. The fourth-order valence-corrected chi connectivity index (χ4v) is 3.57. The van der Waals surface area contributed by atoms with Gasteiger partial charge >= 0.3 is 6.09 Å². The Hall–Kier alpha value is -2.35. The molecule has 0 aromatic heterocycles. The molecule has 146 valence electrons. The maximum absolute atomic E-state index is 13.2. The quantitative estimate of drug-likeness (QED) is 0.562. The van der Waals surface area contributed by atoms with Crippen LogP contribution in [0.25, 0.3) is 0 Å². The number of ether oxygens (including phenoxy) is 1. The summed E-state index contributed by atoms with van der Waals surface area (Å²) >= 11 is 5.91. The number of halogens is 1. The number of anilines is 1. The number of hydrogen-bond acceptors (Lipinski definition) is 5. The number of carbonyl (C=O) groups excluding carboxylic acids is 2. The Balaban J connectivity index is 1.84. The van der Waals surface area contributed by atoms with Gasteiger partial charge in [-0.25, -0.2) is 4.79 Å². The van der Waals surface area contributed by atoms with Crippen molar-refractivity contribution in [3.8, 4) is 0 Å². The van der Waals surface area contributed by atoms with E-state index in [4.69, 9.17) is 16.3 Å². The van der Waals surface area contributed by atoms with Crippen molar-refractivity contribution >= 4 is 35.0 Å². The number of likely N-dealkylation sites (tertiary alicyclic amines) is 1. The number of hydrogen-bond donors (Lipinski definition) is 0. The fraction of sp³-hybridized carbons (Fsp3) is 0.556. The molecule has 8 nitrogen and oxygen atoms in total. The van der Waals surface area contributed by atoms with Crippen molar-refractivity contribution in [1.82, 2.24) is 4.90 Å². The van der Waals surface area contributed by atoms with Gasteiger partial charge in [-0.3, -0.25) is 14.9 Å². The van der Waals surface area contributed by atoms with Gasteiger partial charge in [0, 0.05) is 25.7 Å². The van der Waals surface area contributed by atoms with Crippen molar-refractivity contribution < 1.29 is 19.2 Å². The molecule has 1 saturated heterocycles. The monoisotopic (exact) mass is 395 g/mol. The molecule has 3 rings (SSSR count). The van der Waals surface area contributed by atoms with Crippen LogP contribution in [0.1, 0.15) is 25.7 Å². The molecule has 2 amide bonds. The van der Waals surface area contributed by atoms with Crippen molar-refractivity contribution in [2.75, 3.05) is 31.6 Å². The second kappa shape index (κ2) is 8.12. The predicted molar refractivity (Wildman–Crippen MR) is 99.9 cm³/mol. The van der Waals surface area contributed by atoms with Crippen LogP contribution in [-0.2, 0) is 9.53 Å². The molecule has 27 heavy (non-hydrogen) atoms. The van der Waals surface area contributed by atoms with Crippen molar-refractivity contribution in [3.05, 3.63) is 33.3 Å². The lowest BCUT2D eigenvalue weighted by molar-refractivity contribution is -0.384. The third kappa shape index (κ3) is 4.50. The van der Waals surface area contributed by atoms with Crippen molar-refractivity contribution in [3.63, 3.8) is 0 Å². The lowest BCUT2D eigenvalue weighted by Gasteiger charge is -2.34. The second-order valence-electron chi connectivity index (χ2n) is 7.04. The second-order valence-corrected chi connectivity index (χ2v) is 7.45. The number of nitro benzene ring substituents is 1. The SMILES string of the molecule is COC(=O)N1CCCC(C(=O)N(CC2CC2)c2ccc(Cl)c([N+](=O)[O-])c2)C1. The minimum absolute atomic E-state index is 0.0390. The highest BCUT2D eigenvalue weighted by Gasteiger charge is 2.35. The first-order valence-electron chi connectivity index (χ1n) is 8.99. The van der Waals surface area contributed by atoms with Gasteiger partial charge in [-0.05, 0) is 43.7 Å². The lowest BCUT2D eigenvalue weighted by atomic mass is 9.96. The summed E-state index contributed by atoms with van der Waals surface area (Å²) in [6.45, 7) is 1.38. The van der Waals surface area contributed by atoms with Gasteiger partial charge in [0.05, 0.1) is 23.6 Å². The number of nitro groups is 1. The number of piperidine rings is 1. The Labute approximate surface area is 162 Å². The van der Waals surface area contributed by atoms with Crippen LogP contribution < -0.4 is 4.90 Å². The molecule has 0 radical (unpaired) electrons. The highest BCUT2D eigenvalue weighted by molar-refractivity contribution is 6.32. The van der Waals surface area contributed by atoms with Crippen LogP contribution in [0.4, 0.5) is 16.2 Å². The molecular weight excluding hydrogens is 374 g/mol. The normalized spacial score (nSPS) is 19.5. The first-order chi connectivity index (χ1) is 12.9.